The molecule has 0 radical (unpaired) electrons. The topological polar surface area (TPSA) is 70.5 Å². The normalized spacial score (nSPS) is 11.2. The van der Waals surface area contributed by atoms with E-state index in [1.807, 2.05) is 33.8 Å². The van der Waals surface area contributed by atoms with Gasteiger partial charge in [0.05, 0.1) is 32.7 Å². The van der Waals surface area contributed by atoms with Gasteiger partial charge in [0, 0.05) is 21.9 Å². The number of hydrogen-bond acceptors (Lipinski definition) is 6. The zero-order valence-electron chi connectivity index (χ0n) is 20.3. The second kappa shape index (κ2) is 8.35. The third-order valence-electron chi connectivity index (χ3n) is 6.40. The number of nitrogens with zero attached hydrogens (tertiary/aromatic N) is 2. The van der Waals surface area contributed by atoms with Crippen LogP contribution in [0.1, 0.15) is 38.4 Å². The first-order valence-corrected chi connectivity index (χ1v) is 10.7. The zero-order valence-corrected chi connectivity index (χ0v) is 20.3. The smallest absolute Gasteiger partial charge is 0.356 e. The predicted octanol–water partition coefficient (Wildman–Crippen LogP) is 5.80. The lowest BCUT2D eigenvalue weighted by Gasteiger charge is -2.17. The summed E-state index contributed by atoms with van der Waals surface area (Å²) in [5.41, 5.74) is 6.62. The molecule has 0 saturated heterocycles. The van der Waals surface area contributed by atoms with E-state index in [4.69, 9.17) is 24.2 Å². The minimum Gasteiger partial charge on any atom is -0.496 e. The number of benzene rings is 2. The Morgan fingerprint density at radius 3 is 2.03 bits per heavy atom. The molecule has 6 nitrogen and oxygen atoms in total. The van der Waals surface area contributed by atoms with E-state index < -0.39 is 5.97 Å². The van der Waals surface area contributed by atoms with Crippen LogP contribution in [0.5, 0.6) is 11.5 Å². The SMILES string of the molecule is COC(=O)c1cc2c(OC)c(C)c(C)cc2c(-c2cc3cc(C)c(C)c(OC)c3c(C)n2)n1. The van der Waals surface area contributed by atoms with E-state index in [2.05, 4.69) is 19.1 Å². The molecule has 0 aliphatic heterocycles. The van der Waals surface area contributed by atoms with Crippen molar-refractivity contribution in [2.45, 2.75) is 34.6 Å². The van der Waals surface area contributed by atoms with E-state index in [9.17, 15) is 4.79 Å². The van der Waals surface area contributed by atoms with Crippen molar-refractivity contribution in [2.24, 2.45) is 0 Å². The summed E-state index contributed by atoms with van der Waals surface area (Å²) < 4.78 is 16.4. The van der Waals surface area contributed by atoms with Gasteiger partial charge in [0.1, 0.15) is 17.2 Å². The van der Waals surface area contributed by atoms with Gasteiger partial charge < -0.3 is 14.2 Å². The average Bonchev–Trinajstić information content (AvgIpc) is 2.80. The molecule has 0 unspecified atom stereocenters. The van der Waals surface area contributed by atoms with Crippen molar-refractivity contribution in [1.29, 1.82) is 0 Å². The molecule has 0 aliphatic rings. The molecular formula is C27H28N2O4. The third-order valence-corrected chi connectivity index (χ3v) is 6.40. The van der Waals surface area contributed by atoms with E-state index in [1.165, 1.54) is 7.11 Å². The Morgan fingerprint density at radius 1 is 0.758 bits per heavy atom. The van der Waals surface area contributed by atoms with Gasteiger partial charge in [0.15, 0.2) is 0 Å². The van der Waals surface area contributed by atoms with Crippen molar-refractivity contribution in [2.75, 3.05) is 21.3 Å². The largest absolute Gasteiger partial charge is 0.496 e. The quantitative estimate of drug-likeness (QED) is 0.371. The summed E-state index contributed by atoms with van der Waals surface area (Å²) >= 11 is 0. The summed E-state index contributed by atoms with van der Waals surface area (Å²) in [5.74, 6) is 1.03. The number of aromatic nitrogens is 2. The van der Waals surface area contributed by atoms with Crippen molar-refractivity contribution in [3.8, 4) is 22.9 Å². The average molecular weight is 445 g/mol. The number of pyridine rings is 2. The standard InChI is InChI=1S/C27H28N2O4/c1-13-9-18-11-21(28-17(5)23(18)26(32-7)16(13)4)24-19-10-14(2)15(3)25(31-6)20(19)12-22(29-24)27(30)33-8/h9-12H,1-8H3. The van der Waals surface area contributed by atoms with Gasteiger partial charge in [0.2, 0.25) is 0 Å². The first-order valence-electron chi connectivity index (χ1n) is 10.7. The molecule has 170 valence electrons. The van der Waals surface area contributed by atoms with Crippen LogP contribution in [-0.4, -0.2) is 37.3 Å². The van der Waals surface area contributed by atoms with Crippen LogP contribution in [-0.2, 0) is 4.74 Å². The van der Waals surface area contributed by atoms with E-state index in [-0.39, 0.29) is 5.69 Å². The summed E-state index contributed by atoms with van der Waals surface area (Å²) in [6.07, 6.45) is 0. The Kier molecular flexibility index (Phi) is 5.70. The predicted molar refractivity (Wildman–Crippen MR) is 131 cm³/mol. The molecule has 0 N–H and O–H groups in total. The van der Waals surface area contributed by atoms with Gasteiger partial charge in [-0.15, -0.1) is 0 Å². The van der Waals surface area contributed by atoms with Crippen LogP contribution in [0.3, 0.4) is 0 Å². The third kappa shape index (κ3) is 3.55. The highest BCUT2D eigenvalue weighted by Gasteiger charge is 2.21. The number of esters is 1. The highest BCUT2D eigenvalue weighted by Crippen LogP contribution is 2.39. The van der Waals surface area contributed by atoms with E-state index in [0.29, 0.717) is 17.1 Å². The molecule has 0 bridgehead atoms. The van der Waals surface area contributed by atoms with Crippen molar-refractivity contribution in [3.05, 3.63) is 57.9 Å². The Morgan fingerprint density at radius 2 is 1.39 bits per heavy atom. The molecular weight excluding hydrogens is 416 g/mol. The summed E-state index contributed by atoms with van der Waals surface area (Å²) in [5, 5.41) is 3.64. The summed E-state index contributed by atoms with van der Waals surface area (Å²) in [6, 6.07) is 7.93. The van der Waals surface area contributed by atoms with Crippen molar-refractivity contribution < 1.29 is 19.0 Å². The number of ether oxygens (including phenoxy) is 3. The molecule has 0 atom stereocenters. The molecule has 4 aromatic rings. The van der Waals surface area contributed by atoms with Gasteiger partial charge in [-0.1, -0.05) is 6.07 Å². The van der Waals surface area contributed by atoms with E-state index >= 15 is 0 Å². The van der Waals surface area contributed by atoms with Crippen molar-refractivity contribution >= 4 is 27.5 Å². The molecule has 0 aliphatic carbocycles. The Hall–Kier alpha value is -3.67. The molecule has 0 saturated carbocycles. The highest BCUT2D eigenvalue weighted by atomic mass is 16.5. The maximum Gasteiger partial charge on any atom is 0.356 e. The molecule has 2 heterocycles. The lowest BCUT2D eigenvalue weighted by atomic mass is 9.96. The van der Waals surface area contributed by atoms with Crippen LogP contribution < -0.4 is 9.47 Å². The van der Waals surface area contributed by atoms with E-state index in [1.54, 1.807) is 20.3 Å². The summed E-state index contributed by atoms with van der Waals surface area (Å²) in [7, 11) is 4.66. The van der Waals surface area contributed by atoms with Gasteiger partial charge in [-0.05, 0) is 80.5 Å². The molecule has 0 spiro atoms. The van der Waals surface area contributed by atoms with Gasteiger partial charge in [-0.25, -0.2) is 9.78 Å². The number of carbonyl (C=O) groups is 1. The molecule has 2 aromatic carbocycles. The number of methoxy groups -OCH3 is 3. The summed E-state index contributed by atoms with van der Waals surface area (Å²) in [6.45, 7) is 10.1. The van der Waals surface area contributed by atoms with Crippen LogP contribution in [0.4, 0.5) is 0 Å². The lowest BCUT2D eigenvalue weighted by Crippen LogP contribution is -2.07. The second-order valence-electron chi connectivity index (χ2n) is 8.34. The first kappa shape index (κ1) is 22.5. The molecule has 4 rings (SSSR count). The van der Waals surface area contributed by atoms with Gasteiger partial charge in [-0.3, -0.25) is 4.98 Å². The molecule has 6 heteroatoms. The minimum atomic E-state index is -0.510. The molecule has 0 fully saturated rings. The minimum absolute atomic E-state index is 0.207. The fourth-order valence-corrected chi connectivity index (χ4v) is 4.45. The van der Waals surface area contributed by atoms with Gasteiger partial charge in [0.25, 0.3) is 0 Å². The highest BCUT2D eigenvalue weighted by molar-refractivity contribution is 6.04. The fraction of sp³-hybridized carbons (Fsp3) is 0.296. The number of aryl methyl sites for hydroxylation is 3. The lowest BCUT2D eigenvalue weighted by molar-refractivity contribution is 0.0594. The summed E-state index contributed by atoms with van der Waals surface area (Å²) in [4.78, 5) is 22.1. The van der Waals surface area contributed by atoms with Gasteiger partial charge >= 0.3 is 5.97 Å². The van der Waals surface area contributed by atoms with Crippen molar-refractivity contribution in [3.63, 3.8) is 0 Å². The number of carbonyl (C=O) groups excluding carboxylic acids is 1. The van der Waals surface area contributed by atoms with E-state index in [0.717, 1.165) is 55.2 Å². The number of hydrogen-bond donors (Lipinski definition) is 0. The van der Waals surface area contributed by atoms with Crippen LogP contribution >= 0.6 is 0 Å². The van der Waals surface area contributed by atoms with Gasteiger partial charge in [-0.2, -0.15) is 0 Å². The van der Waals surface area contributed by atoms with Crippen LogP contribution in [0.25, 0.3) is 32.9 Å². The van der Waals surface area contributed by atoms with Crippen LogP contribution in [0.2, 0.25) is 0 Å². The maximum atomic E-state index is 12.5. The first-order chi connectivity index (χ1) is 15.7. The maximum absolute atomic E-state index is 12.5. The Bertz CT molecular complexity index is 1440. The number of rotatable bonds is 4. The zero-order chi connectivity index (χ0) is 24.0. The van der Waals surface area contributed by atoms with Crippen LogP contribution in [0, 0.1) is 34.6 Å². The molecule has 0 amide bonds. The molecule has 2 aromatic heterocycles. The Labute approximate surface area is 193 Å². The fourth-order valence-electron chi connectivity index (χ4n) is 4.45. The van der Waals surface area contributed by atoms with Crippen LogP contribution in [0.15, 0.2) is 24.3 Å². The second-order valence-corrected chi connectivity index (χ2v) is 8.34. The Balaban J connectivity index is 2.14. The monoisotopic (exact) mass is 444 g/mol. The van der Waals surface area contributed by atoms with Crippen molar-refractivity contribution in [1.82, 2.24) is 9.97 Å². The number of fused-ring (bicyclic) bond motifs is 2. The molecule has 33 heavy (non-hydrogen) atoms.